The van der Waals surface area contributed by atoms with Crippen LogP contribution < -0.4 is 11.0 Å². The first-order valence-electron chi connectivity index (χ1n) is 8.98. The molecule has 1 aromatic heterocycles. The highest BCUT2D eigenvalue weighted by Crippen LogP contribution is 2.34. The highest BCUT2D eigenvalue weighted by molar-refractivity contribution is 9.10. The van der Waals surface area contributed by atoms with E-state index in [1.165, 1.54) is 0 Å². The fraction of sp³-hybridized carbons (Fsp3) is 0.300. The van der Waals surface area contributed by atoms with Gasteiger partial charge in [0.15, 0.2) is 0 Å². The lowest BCUT2D eigenvalue weighted by Crippen LogP contribution is -2.31. The quantitative estimate of drug-likeness (QED) is 0.584. The van der Waals surface area contributed by atoms with Gasteiger partial charge in [-0.15, -0.1) is 0 Å². The number of benzene rings is 2. The smallest absolute Gasteiger partial charge is 0.326 e. The van der Waals surface area contributed by atoms with Gasteiger partial charge in [0.1, 0.15) is 0 Å². The molecule has 0 bridgehead atoms. The fourth-order valence-corrected chi connectivity index (χ4v) is 4.53. The Morgan fingerprint density at radius 2 is 1.89 bits per heavy atom. The predicted molar refractivity (Wildman–Crippen MR) is 111 cm³/mol. The molecule has 2 aromatic carbocycles. The number of carbonyl (C=O) groups is 1. The zero-order valence-electron chi connectivity index (χ0n) is 14.5. The number of halogens is 2. The zero-order valence-corrected chi connectivity index (χ0v) is 16.9. The number of rotatable bonds is 3. The molecule has 0 spiro atoms. The third-order valence-corrected chi connectivity index (χ3v) is 6.12. The molecule has 140 valence electrons. The Morgan fingerprint density at radius 3 is 2.63 bits per heavy atom. The van der Waals surface area contributed by atoms with Crippen molar-refractivity contribution < 1.29 is 4.79 Å². The summed E-state index contributed by atoms with van der Waals surface area (Å²) in [6.45, 7) is 0. The number of aromatic nitrogens is 2. The third kappa shape index (κ3) is 3.69. The first-order chi connectivity index (χ1) is 13.0. The summed E-state index contributed by atoms with van der Waals surface area (Å²) in [5.74, 6) is -0.0300. The molecule has 0 unspecified atom stereocenters. The van der Waals surface area contributed by atoms with E-state index in [9.17, 15) is 9.59 Å². The standard InChI is InChI=1S/C20H19BrClN3O2/c21-16-5-2-6-17-18(16)24-20(27)25(17)15-9-7-12(8-10-15)19(26)23-14-4-1-3-13(22)11-14/h1-6,11-12,15H,7-10H2,(H,23,26)(H,24,27). The lowest BCUT2D eigenvalue weighted by molar-refractivity contribution is -0.121. The van der Waals surface area contributed by atoms with E-state index in [-0.39, 0.29) is 23.6 Å². The lowest BCUT2D eigenvalue weighted by atomic mass is 9.85. The Morgan fingerprint density at radius 1 is 1.15 bits per heavy atom. The van der Waals surface area contributed by atoms with Gasteiger partial charge in [0.2, 0.25) is 5.91 Å². The molecule has 0 aliphatic heterocycles. The third-order valence-electron chi connectivity index (χ3n) is 5.23. The molecule has 1 saturated carbocycles. The number of amides is 1. The Labute approximate surface area is 169 Å². The van der Waals surface area contributed by atoms with Crippen molar-refractivity contribution in [2.75, 3.05) is 5.32 Å². The monoisotopic (exact) mass is 447 g/mol. The topological polar surface area (TPSA) is 66.9 Å². The van der Waals surface area contributed by atoms with E-state index in [4.69, 9.17) is 11.6 Å². The molecule has 0 atom stereocenters. The molecular weight excluding hydrogens is 430 g/mol. The van der Waals surface area contributed by atoms with Crippen LogP contribution in [0.4, 0.5) is 5.69 Å². The van der Waals surface area contributed by atoms with Crippen molar-refractivity contribution in [1.29, 1.82) is 0 Å². The molecule has 3 aromatic rings. The summed E-state index contributed by atoms with van der Waals surface area (Å²) in [5.41, 5.74) is 2.35. The number of fused-ring (bicyclic) bond motifs is 1. The van der Waals surface area contributed by atoms with Crippen LogP contribution in [0, 0.1) is 5.92 Å². The number of hydrogen-bond donors (Lipinski definition) is 2. The van der Waals surface area contributed by atoms with Gasteiger partial charge in [-0.05, 0) is 71.9 Å². The molecule has 1 amide bonds. The van der Waals surface area contributed by atoms with Crippen LogP contribution in [-0.2, 0) is 4.79 Å². The first kappa shape index (κ1) is 18.3. The maximum Gasteiger partial charge on any atom is 0.326 e. The molecule has 1 aliphatic rings. The van der Waals surface area contributed by atoms with E-state index in [1.807, 2.05) is 34.9 Å². The molecule has 1 aliphatic carbocycles. The lowest BCUT2D eigenvalue weighted by Gasteiger charge is -2.28. The molecule has 27 heavy (non-hydrogen) atoms. The largest absolute Gasteiger partial charge is 0.326 e. The van der Waals surface area contributed by atoms with Crippen LogP contribution >= 0.6 is 27.5 Å². The zero-order chi connectivity index (χ0) is 19.0. The van der Waals surface area contributed by atoms with E-state index < -0.39 is 0 Å². The van der Waals surface area contributed by atoms with Gasteiger partial charge < -0.3 is 10.3 Å². The predicted octanol–water partition coefficient (Wildman–Crippen LogP) is 5.12. The Hall–Kier alpha value is -2.05. The van der Waals surface area contributed by atoms with Crippen molar-refractivity contribution in [3.05, 3.63) is 62.4 Å². The SMILES string of the molecule is O=C(Nc1cccc(Cl)c1)C1CCC(n2c(=O)[nH]c3c(Br)cccc32)CC1. The Balaban J connectivity index is 1.46. The van der Waals surface area contributed by atoms with Gasteiger partial charge in [-0.2, -0.15) is 0 Å². The van der Waals surface area contributed by atoms with Crippen molar-refractivity contribution in [2.24, 2.45) is 5.92 Å². The van der Waals surface area contributed by atoms with Crippen LogP contribution in [0.1, 0.15) is 31.7 Å². The van der Waals surface area contributed by atoms with Gasteiger partial charge in [-0.1, -0.05) is 23.7 Å². The molecule has 4 rings (SSSR count). The van der Waals surface area contributed by atoms with Gasteiger partial charge in [0, 0.05) is 27.1 Å². The van der Waals surface area contributed by atoms with E-state index in [1.54, 1.807) is 12.1 Å². The number of para-hydroxylation sites is 1. The average Bonchev–Trinajstić information content (AvgIpc) is 2.99. The number of aromatic amines is 1. The first-order valence-corrected chi connectivity index (χ1v) is 10.1. The van der Waals surface area contributed by atoms with Crippen LogP contribution in [0.2, 0.25) is 5.02 Å². The molecular formula is C20H19BrClN3O2. The van der Waals surface area contributed by atoms with E-state index in [0.29, 0.717) is 10.7 Å². The van der Waals surface area contributed by atoms with Gasteiger partial charge in [-0.3, -0.25) is 9.36 Å². The summed E-state index contributed by atoms with van der Waals surface area (Å²) in [6.07, 6.45) is 3.11. The molecule has 1 heterocycles. The molecule has 0 radical (unpaired) electrons. The van der Waals surface area contributed by atoms with Crippen LogP contribution in [0.15, 0.2) is 51.7 Å². The maximum atomic E-state index is 12.6. The maximum absolute atomic E-state index is 12.6. The van der Waals surface area contributed by atoms with Gasteiger partial charge in [0.25, 0.3) is 0 Å². The number of carbonyl (C=O) groups excluding carboxylic acids is 1. The van der Waals surface area contributed by atoms with Crippen LogP contribution in [0.5, 0.6) is 0 Å². The second-order valence-electron chi connectivity index (χ2n) is 6.94. The van der Waals surface area contributed by atoms with E-state index in [2.05, 4.69) is 26.2 Å². The number of H-pyrrole nitrogens is 1. The van der Waals surface area contributed by atoms with Gasteiger partial charge in [-0.25, -0.2) is 4.79 Å². The van der Waals surface area contributed by atoms with Gasteiger partial charge in [0.05, 0.1) is 11.0 Å². The molecule has 2 N–H and O–H groups in total. The minimum absolute atomic E-state index is 0.0183. The van der Waals surface area contributed by atoms with Crippen molar-refractivity contribution in [2.45, 2.75) is 31.7 Å². The number of nitrogens with zero attached hydrogens (tertiary/aromatic N) is 1. The van der Waals surface area contributed by atoms with Crippen LogP contribution in [0.25, 0.3) is 11.0 Å². The van der Waals surface area contributed by atoms with E-state index >= 15 is 0 Å². The minimum atomic E-state index is -0.0938. The van der Waals surface area contributed by atoms with Crippen LogP contribution in [-0.4, -0.2) is 15.5 Å². The van der Waals surface area contributed by atoms with E-state index in [0.717, 1.165) is 41.2 Å². The second-order valence-corrected chi connectivity index (χ2v) is 8.23. The average molecular weight is 449 g/mol. The normalized spacial score (nSPS) is 19.9. The van der Waals surface area contributed by atoms with Crippen LogP contribution in [0.3, 0.4) is 0 Å². The Bertz CT molecular complexity index is 1050. The van der Waals surface area contributed by atoms with Crippen molar-refractivity contribution >= 4 is 50.2 Å². The Kier molecular flexibility index (Phi) is 5.10. The summed E-state index contributed by atoms with van der Waals surface area (Å²) in [7, 11) is 0. The van der Waals surface area contributed by atoms with Gasteiger partial charge >= 0.3 is 5.69 Å². The number of hydrogen-bond acceptors (Lipinski definition) is 2. The van der Waals surface area contributed by atoms with Crippen molar-refractivity contribution in [3.63, 3.8) is 0 Å². The summed E-state index contributed by atoms with van der Waals surface area (Å²) in [4.78, 5) is 28.0. The summed E-state index contributed by atoms with van der Waals surface area (Å²) in [5, 5.41) is 3.54. The molecule has 0 saturated heterocycles. The summed E-state index contributed by atoms with van der Waals surface area (Å²) < 4.78 is 2.72. The fourth-order valence-electron chi connectivity index (χ4n) is 3.88. The highest BCUT2D eigenvalue weighted by atomic mass is 79.9. The number of nitrogens with one attached hydrogen (secondary N) is 2. The highest BCUT2D eigenvalue weighted by Gasteiger charge is 2.29. The number of imidazole rings is 1. The van der Waals surface area contributed by atoms with Crippen molar-refractivity contribution in [3.8, 4) is 0 Å². The summed E-state index contributed by atoms with van der Waals surface area (Å²) in [6, 6.07) is 13.1. The molecule has 1 fully saturated rings. The minimum Gasteiger partial charge on any atom is -0.326 e. The molecule has 5 nitrogen and oxygen atoms in total. The molecule has 7 heteroatoms. The van der Waals surface area contributed by atoms with Crippen molar-refractivity contribution in [1.82, 2.24) is 9.55 Å². The number of anilines is 1. The second kappa shape index (κ2) is 7.52. The summed E-state index contributed by atoms with van der Waals surface area (Å²) >= 11 is 9.46.